The first kappa shape index (κ1) is 15.6. The Morgan fingerprint density at radius 2 is 1.95 bits per heavy atom. The monoisotopic (exact) mass is 327 g/mol. The van der Waals surface area contributed by atoms with E-state index in [0.717, 1.165) is 5.56 Å². The number of ether oxygens (including phenoxy) is 1. The molecule has 4 N–H and O–H groups in total. The van der Waals surface area contributed by atoms with Crippen LogP contribution in [0.15, 0.2) is 24.5 Å². The molecule has 1 atom stereocenters. The van der Waals surface area contributed by atoms with Crippen LogP contribution in [0, 0.1) is 0 Å². The minimum absolute atomic E-state index is 0.107. The standard InChI is InChI=1S/C13H15Cl2N5O/c1-7(9-4-3-8(14)5-10(9)15)19-12-11(21-2)13(20-16)18-6-17-12/h3-7H,16H2,1-2H3,(H2,17,18,19,20). The number of hydrogen-bond acceptors (Lipinski definition) is 6. The first-order chi connectivity index (χ1) is 10.1. The van der Waals surface area contributed by atoms with Gasteiger partial charge < -0.3 is 15.5 Å². The van der Waals surface area contributed by atoms with E-state index in [4.69, 9.17) is 33.8 Å². The lowest BCUT2D eigenvalue weighted by Gasteiger charge is -2.19. The quantitative estimate of drug-likeness (QED) is 0.577. The highest BCUT2D eigenvalue weighted by molar-refractivity contribution is 6.35. The Hall–Kier alpha value is -1.76. The van der Waals surface area contributed by atoms with Crippen molar-refractivity contribution in [3.8, 4) is 5.75 Å². The normalized spacial score (nSPS) is 11.9. The van der Waals surface area contributed by atoms with Gasteiger partial charge in [-0.25, -0.2) is 15.8 Å². The first-order valence-corrected chi connectivity index (χ1v) is 6.89. The summed E-state index contributed by atoms with van der Waals surface area (Å²) >= 11 is 12.1. The van der Waals surface area contributed by atoms with Crippen molar-refractivity contribution in [2.75, 3.05) is 17.9 Å². The minimum Gasteiger partial charge on any atom is -0.490 e. The summed E-state index contributed by atoms with van der Waals surface area (Å²) in [4.78, 5) is 8.14. The molecule has 0 fully saturated rings. The summed E-state index contributed by atoms with van der Waals surface area (Å²) in [5.41, 5.74) is 3.35. The Morgan fingerprint density at radius 1 is 1.24 bits per heavy atom. The van der Waals surface area contributed by atoms with Gasteiger partial charge in [-0.2, -0.15) is 0 Å². The Labute approximate surface area is 132 Å². The number of anilines is 2. The van der Waals surface area contributed by atoms with E-state index in [2.05, 4.69) is 20.7 Å². The molecule has 1 unspecified atom stereocenters. The molecule has 1 heterocycles. The number of aromatic nitrogens is 2. The van der Waals surface area contributed by atoms with Crippen molar-refractivity contribution in [1.82, 2.24) is 9.97 Å². The second-order valence-electron chi connectivity index (χ2n) is 4.28. The Kier molecular flexibility index (Phi) is 5.06. The number of halogens is 2. The highest BCUT2D eigenvalue weighted by Gasteiger charge is 2.16. The van der Waals surface area contributed by atoms with Crippen LogP contribution in [0.5, 0.6) is 5.75 Å². The third-order valence-corrected chi connectivity index (χ3v) is 3.49. The van der Waals surface area contributed by atoms with Gasteiger partial charge in [0.15, 0.2) is 11.6 Å². The summed E-state index contributed by atoms with van der Waals surface area (Å²) in [6, 6.07) is 5.23. The van der Waals surface area contributed by atoms with Crippen LogP contribution in [0.2, 0.25) is 10.0 Å². The average Bonchev–Trinajstić information content (AvgIpc) is 2.46. The number of nitrogen functional groups attached to an aromatic ring is 1. The average molecular weight is 328 g/mol. The van der Waals surface area contributed by atoms with Crippen molar-refractivity contribution in [3.05, 3.63) is 40.1 Å². The number of benzene rings is 1. The van der Waals surface area contributed by atoms with E-state index >= 15 is 0 Å². The van der Waals surface area contributed by atoms with Crippen molar-refractivity contribution in [1.29, 1.82) is 0 Å². The highest BCUT2D eigenvalue weighted by Crippen LogP contribution is 2.33. The molecule has 2 rings (SSSR count). The molecule has 8 heteroatoms. The zero-order chi connectivity index (χ0) is 15.4. The van der Waals surface area contributed by atoms with Gasteiger partial charge in [0.05, 0.1) is 13.2 Å². The Balaban J connectivity index is 2.29. The molecule has 21 heavy (non-hydrogen) atoms. The molecule has 0 radical (unpaired) electrons. The van der Waals surface area contributed by atoms with Gasteiger partial charge in [-0.15, -0.1) is 0 Å². The third kappa shape index (κ3) is 3.47. The number of rotatable bonds is 5. The lowest BCUT2D eigenvalue weighted by molar-refractivity contribution is 0.414. The number of nitrogens with zero attached hydrogens (tertiary/aromatic N) is 2. The van der Waals surface area contributed by atoms with Crippen molar-refractivity contribution in [3.63, 3.8) is 0 Å². The molecule has 1 aromatic carbocycles. The molecular formula is C13H15Cl2N5O. The fourth-order valence-electron chi connectivity index (χ4n) is 1.91. The van der Waals surface area contributed by atoms with Gasteiger partial charge in [0.25, 0.3) is 0 Å². The molecule has 0 aliphatic rings. The van der Waals surface area contributed by atoms with Crippen LogP contribution in [-0.4, -0.2) is 17.1 Å². The van der Waals surface area contributed by atoms with Crippen LogP contribution >= 0.6 is 23.2 Å². The predicted octanol–water partition coefficient (Wildman–Crippen LogP) is 3.25. The second-order valence-corrected chi connectivity index (χ2v) is 5.12. The van der Waals surface area contributed by atoms with Gasteiger partial charge in [0, 0.05) is 10.0 Å². The molecule has 0 aliphatic heterocycles. The largest absolute Gasteiger partial charge is 0.490 e. The molecule has 0 bridgehead atoms. The molecular weight excluding hydrogens is 313 g/mol. The van der Waals surface area contributed by atoms with Crippen LogP contribution in [-0.2, 0) is 0 Å². The number of methoxy groups -OCH3 is 1. The number of hydrazine groups is 1. The number of hydrogen-bond donors (Lipinski definition) is 3. The number of nitrogens with one attached hydrogen (secondary N) is 2. The molecule has 6 nitrogen and oxygen atoms in total. The smallest absolute Gasteiger partial charge is 0.205 e. The van der Waals surface area contributed by atoms with Gasteiger partial charge in [0.1, 0.15) is 6.33 Å². The lowest BCUT2D eigenvalue weighted by atomic mass is 10.1. The van der Waals surface area contributed by atoms with E-state index in [0.29, 0.717) is 27.4 Å². The van der Waals surface area contributed by atoms with Gasteiger partial charge in [-0.3, -0.25) is 0 Å². The molecule has 2 aromatic rings. The summed E-state index contributed by atoms with van der Waals surface area (Å²) in [7, 11) is 1.52. The fraction of sp³-hybridized carbons (Fsp3) is 0.231. The predicted molar refractivity (Wildman–Crippen MR) is 84.9 cm³/mol. The molecule has 0 spiro atoms. The van der Waals surface area contributed by atoms with Crippen LogP contribution in [0.3, 0.4) is 0 Å². The van der Waals surface area contributed by atoms with E-state index in [9.17, 15) is 0 Å². The van der Waals surface area contributed by atoms with E-state index < -0.39 is 0 Å². The SMILES string of the molecule is COc1c(NN)ncnc1NC(C)c1ccc(Cl)cc1Cl. The van der Waals surface area contributed by atoms with Crippen LogP contribution < -0.4 is 21.3 Å². The van der Waals surface area contributed by atoms with Gasteiger partial charge >= 0.3 is 0 Å². The van der Waals surface area contributed by atoms with E-state index in [-0.39, 0.29) is 6.04 Å². The zero-order valence-corrected chi connectivity index (χ0v) is 13.0. The minimum atomic E-state index is -0.107. The van der Waals surface area contributed by atoms with E-state index in [1.54, 1.807) is 12.1 Å². The van der Waals surface area contributed by atoms with Crippen LogP contribution in [0.1, 0.15) is 18.5 Å². The topological polar surface area (TPSA) is 85.1 Å². The van der Waals surface area contributed by atoms with Crippen LogP contribution in [0.4, 0.5) is 11.6 Å². The van der Waals surface area contributed by atoms with E-state index in [1.165, 1.54) is 13.4 Å². The first-order valence-electron chi connectivity index (χ1n) is 6.14. The summed E-state index contributed by atoms with van der Waals surface area (Å²) in [6.45, 7) is 1.95. The van der Waals surface area contributed by atoms with Crippen molar-refractivity contribution in [2.24, 2.45) is 5.84 Å². The Morgan fingerprint density at radius 3 is 2.57 bits per heavy atom. The molecule has 0 saturated carbocycles. The Bertz CT molecular complexity index is 638. The van der Waals surface area contributed by atoms with E-state index in [1.807, 2.05) is 13.0 Å². The highest BCUT2D eigenvalue weighted by atomic mass is 35.5. The summed E-state index contributed by atoms with van der Waals surface area (Å²) in [5.74, 6) is 6.73. The molecule has 0 aliphatic carbocycles. The van der Waals surface area contributed by atoms with Gasteiger partial charge in [-0.1, -0.05) is 29.3 Å². The fourth-order valence-corrected chi connectivity index (χ4v) is 2.48. The second kappa shape index (κ2) is 6.80. The van der Waals surface area contributed by atoms with Crippen molar-refractivity contribution >= 4 is 34.8 Å². The summed E-state index contributed by atoms with van der Waals surface area (Å²) in [6.07, 6.45) is 1.39. The molecule has 0 amide bonds. The number of nitrogens with two attached hydrogens (primary N) is 1. The summed E-state index contributed by atoms with van der Waals surface area (Å²) < 4.78 is 5.27. The maximum Gasteiger partial charge on any atom is 0.205 e. The molecule has 0 saturated heterocycles. The molecule has 112 valence electrons. The van der Waals surface area contributed by atoms with Crippen molar-refractivity contribution < 1.29 is 4.74 Å². The summed E-state index contributed by atoms with van der Waals surface area (Å²) in [5, 5.41) is 4.38. The maximum absolute atomic E-state index is 6.20. The lowest BCUT2D eigenvalue weighted by Crippen LogP contribution is -2.14. The van der Waals surface area contributed by atoms with Crippen molar-refractivity contribution in [2.45, 2.75) is 13.0 Å². The van der Waals surface area contributed by atoms with Gasteiger partial charge in [-0.05, 0) is 24.6 Å². The van der Waals surface area contributed by atoms with Gasteiger partial charge in [0.2, 0.25) is 5.75 Å². The third-order valence-electron chi connectivity index (χ3n) is 2.93. The maximum atomic E-state index is 6.20. The molecule has 1 aromatic heterocycles. The van der Waals surface area contributed by atoms with Crippen LogP contribution in [0.25, 0.3) is 0 Å². The zero-order valence-electron chi connectivity index (χ0n) is 11.5.